The molecule has 2 atom stereocenters. The van der Waals surface area contributed by atoms with Gasteiger partial charge >= 0.3 is 0 Å². The van der Waals surface area contributed by atoms with Crippen molar-refractivity contribution in [1.82, 2.24) is 5.32 Å². The largest absolute Gasteiger partial charge is 0.368 e. The molecular formula is C14H22N2O. The number of hydrogen-bond acceptors (Lipinski definition) is 2. The second-order valence-corrected chi connectivity index (χ2v) is 4.81. The maximum Gasteiger partial charge on any atom is 0.242 e. The number of primary amides is 1. The summed E-state index contributed by atoms with van der Waals surface area (Å²) in [6.45, 7) is 7.98. The third kappa shape index (κ3) is 3.07. The van der Waals surface area contributed by atoms with Crippen molar-refractivity contribution in [3.8, 4) is 0 Å². The number of aryl methyl sites for hydroxylation is 1. The van der Waals surface area contributed by atoms with Gasteiger partial charge in [0.25, 0.3) is 0 Å². The van der Waals surface area contributed by atoms with Crippen LogP contribution < -0.4 is 11.1 Å². The minimum Gasteiger partial charge on any atom is -0.368 e. The Labute approximate surface area is 103 Å². The lowest BCUT2D eigenvalue weighted by molar-refractivity contribution is -0.124. The van der Waals surface area contributed by atoms with Gasteiger partial charge in [0.2, 0.25) is 5.91 Å². The molecule has 0 heterocycles. The molecule has 3 heteroatoms. The third-order valence-corrected chi connectivity index (χ3v) is 3.24. The van der Waals surface area contributed by atoms with Gasteiger partial charge in [0.05, 0.1) is 0 Å². The predicted octanol–water partition coefficient (Wildman–Crippen LogP) is 2.08. The summed E-state index contributed by atoms with van der Waals surface area (Å²) >= 11 is 0. The Morgan fingerprint density at radius 3 is 2.65 bits per heavy atom. The van der Waals surface area contributed by atoms with Crippen molar-refractivity contribution in [3.63, 3.8) is 0 Å². The SMILES string of the molecule is CCC(C)NC(C)(C(N)=O)c1cccc(C)c1. The monoisotopic (exact) mass is 234 g/mol. The molecule has 3 nitrogen and oxygen atoms in total. The molecule has 0 aliphatic rings. The Morgan fingerprint density at radius 1 is 1.53 bits per heavy atom. The number of amides is 1. The summed E-state index contributed by atoms with van der Waals surface area (Å²) in [4.78, 5) is 11.7. The Kier molecular flexibility index (Phi) is 4.29. The molecule has 0 saturated carbocycles. The Bertz CT molecular complexity index is 403. The van der Waals surface area contributed by atoms with Crippen LogP contribution in [0, 0.1) is 6.92 Å². The average Bonchev–Trinajstić information content (AvgIpc) is 2.28. The van der Waals surface area contributed by atoms with E-state index in [9.17, 15) is 4.79 Å². The molecule has 0 saturated heterocycles. The quantitative estimate of drug-likeness (QED) is 0.819. The van der Waals surface area contributed by atoms with E-state index in [4.69, 9.17) is 5.73 Å². The maximum atomic E-state index is 11.7. The van der Waals surface area contributed by atoms with E-state index in [1.54, 1.807) is 0 Å². The highest BCUT2D eigenvalue weighted by molar-refractivity contribution is 5.85. The number of benzene rings is 1. The number of hydrogen-bond donors (Lipinski definition) is 2. The van der Waals surface area contributed by atoms with Crippen molar-refractivity contribution in [3.05, 3.63) is 35.4 Å². The van der Waals surface area contributed by atoms with Crippen molar-refractivity contribution >= 4 is 5.91 Å². The van der Waals surface area contributed by atoms with Crippen LogP contribution in [0.3, 0.4) is 0 Å². The second-order valence-electron chi connectivity index (χ2n) is 4.81. The van der Waals surface area contributed by atoms with Gasteiger partial charge in [-0.1, -0.05) is 36.8 Å². The molecule has 1 aromatic carbocycles. The molecular weight excluding hydrogens is 212 g/mol. The van der Waals surface area contributed by atoms with Crippen molar-refractivity contribution < 1.29 is 4.79 Å². The van der Waals surface area contributed by atoms with Crippen LogP contribution in [0.1, 0.15) is 38.3 Å². The van der Waals surface area contributed by atoms with Crippen LogP contribution in [-0.4, -0.2) is 11.9 Å². The fourth-order valence-corrected chi connectivity index (χ4v) is 1.85. The standard InChI is InChI=1S/C14H22N2O/c1-5-11(3)16-14(4,13(15)17)12-8-6-7-10(2)9-12/h6-9,11,16H,5H2,1-4H3,(H2,15,17). The zero-order valence-corrected chi connectivity index (χ0v) is 11.1. The van der Waals surface area contributed by atoms with Crippen LogP contribution in [-0.2, 0) is 10.3 Å². The lowest BCUT2D eigenvalue weighted by Gasteiger charge is -2.31. The molecule has 0 aliphatic heterocycles. The van der Waals surface area contributed by atoms with E-state index in [0.29, 0.717) is 0 Å². The molecule has 17 heavy (non-hydrogen) atoms. The molecule has 1 amide bonds. The smallest absolute Gasteiger partial charge is 0.242 e. The predicted molar refractivity (Wildman–Crippen MR) is 70.6 cm³/mol. The van der Waals surface area contributed by atoms with Gasteiger partial charge in [-0.25, -0.2) is 0 Å². The highest BCUT2D eigenvalue weighted by atomic mass is 16.1. The van der Waals surface area contributed by atoms with E-state index in [2.05, 4.69) is 19.2 Å². The zero-order valence-electron chi connectivity index (χ0n) is 11.1. The molecule has 0 aromatic heterocycles. The Morgan fingerprint density at radius 2 is 2.18 bits per heavy atom. The summed E-state index contributed by atoms with van der Waals surface area (Å²) in [5.41, 5.74) is 6.80. The summed E-state index contributed by atoms with van der Waals surface area (Å²) in [7, 11) is 0. The van der Waals surface area contributed by atoms with E-state index < -0.39 is 5.54 Å². The summed E-state index contributed by atoms with van der Waals surface area (Å²) in [6.07, 6.45) is 0.953. The molecule has 0 bridgehead atoms. The number of rotatable bonds is 5. The van der Waals surface area contributed by atoms with Crippen molar-refractivity contribution in [2.24, 2.45) is 5.73 Å². The lowest BCUT2D eigenvalue weighted by atomic mass is 9.89. The molecule has 0 spiro atoms. The summed E-state index contributed by atoms with van der Waals surface area (Å²) < 4.78 is 0. The van der Waals surface area contributed by atoms with Gasteiger partial charge in [0.1, 0.15) is 5.54 Å². The molecule has 3 N–H and O–H groups in total. The minimum absolute atomic E-state index is 0.244. The fourth-order valence-electron chi connectivity index (χ4n) is 1.85. The van der Waals surface area contributed by atoms with Gasteiger partial charge in [-0.15, -0.1) is 0 Å². The normalized spacial score (nSPS) is 16.2. The molecule has 1 aromatic rings. The van der Waals surface area contributed by atoms with Crippen molar-refractivity contribution in [2.45, 2.75) is 45.7 Å². The van der Waals surface area contributed by atoms with Gasteiger partial charge in [0.15, 0.2) is 0 Å². The van der Waals surface area contributed by atoms with Gasteiger partial charge in [-0.3, -0.25) is 10.1 Å². The number of carbonyl (C=O) groups is 1. The summed E-state index contributed by atoms with van der Waals surface area (Å²) in [5, 5.41) is 3.31. The van der Waals surface area contributed by atoms with Gasteiger partial charge in [-0.2, -0.15) is 0 Å². The first-order chi connectivity index (χ1) is 7.90. The molecule has 0 aliphatic carbocycles. The van der Waals surface area contributed by atoms with Crippen molar-refractivity contribution in [1.29, 1.82) is 0 Å². The van der Waals surface area contributed by atoms with Crippen LogP contribution in [0.5, 0.6) is 0 Å². The van der Waals surface area contributed by atoms with Gasteiger partial charge in [-0.05, 0) is 32.8 Å². The molecule has 1 rings (SSSR count). The molecule has 0 radical (unpaired) electrons. The highest BCUT2D eigenvalue weighted by Gasteiger charge is 2.33. The van der Waals surface area contributed by atoms with Crippen LogP contribution >= 0.6 is 0 Å². The number of nitrogens with two attached hydrogens (primary N) is 1. The molecule has 0 fully saturated rings. The number of nitrogens with one attached hydrogen (secondary N) is 1. The minimum atomic E-state index is -0.804. The molecule has 94 valence electrons. The zero-order chi connectivity index (χ0) is 13.1. The second kappa shape index (κ2) is 5.32. The first kappa shape index (κ1) is 13.7. The topological polar surface area (TPSA) is 55.1 Å². The average molecular weight is 234 g/mol. The number of carbonyl (C=O) groups excluding carboxylic acids is 1. The van der Waals surface area contributed by atoms with E-state index in [1.165, 1.54) is 0 Å². The van der Waals surface area contributed by atoms with E-state index >= 15 is 0 Å². The Balaban J connectivity index is 3.11. The van der Waals surface area contributed by atoms with Crippen LogP contribution in [0.4, 0.5) is 0 Å². The van der Waals surface area contributed by atoms with Gasteiger partial charge in [0, 0.05) is 6.04 Å². The maximum absolute atomic E-state index is 11.7. The summed E-state index contributed by atoms with van der Waals surface area (Å²) in [6, 6.07) is 8.14. The Hall–Kier alpha value is -1.35. The summed E-state index contributed by atoms with van der Waals surface area (Å²) in [5.74, 6) is -0.344. The van der Waals surface area contributed by atoms with Gasteiger partial charge < -0.3 is 5.73 Å². The van der Waals surface area contributed by atoms with Crippen molar-refractivity contribution in [2.75, 3.05) is 0 Å². The van der Waals surface area contributed by atoms with E-state index in [0.717, 1.165) is 17.5 Å². The lowest BCUT2D eigenvalue weighted by Crippen LogP contribution is -2.53. The van der Waals surface area contributed by atoms with Crippen LogP contribution in [0.2, 0.25) is 0 Å². The van der Waals surface area contributed by atoms with Crippen LogP contribution in [0.15, 0.2) is 24.3 Å². The fraction of sp³-hybridized carbons (Fsp3) is 0.500. The molecule has 2 unspecified atom stereocenters. The van der Waals surface area contributed by atoms with E-state index in [-0.39, 0.29) is 11.9 Å². The first-order valence-corrected chi connectivity index (χ1v) is 6.05. The van der Waals surface area contributed by atoms with Crippen LogP contribution in [0.25, 0.3) is 0 Å². The highest BCUT2D eigenvalue weighted by Crippen LogP contribution is 2.22. The third-order valence-electron chi connectivity index (χ3n) is 3.24. The first-order valence-electron chi connectivity index (χ1n) is 6.05. The van der Waals surface area contributed by atoms with E-state index in [1.807, 2.05) is 38.1 Å².